The molecular formula is C23H32N3O4+. The number of anilines is 1. The molecule has 1 aliphatic heterocycles. The van der Waals surface area contributed by atoms with Gasteiger partial charge in [0.15, 0.2) is 17.5 Å². The van der Waals surface area contributed by atoms with Crippen molar-refractivity contribution in [2.24, 2.45) is 0 Å². The minimum atomic E-state index is -0.107. The number of ether oxygens (including phenoxy) is 3. The van der Waals surface area contributed by atoms with Crippen LogP contribution in [0.25, 0.3) is 0 Å². The first-order chi connectivity index (χ1) is 14.6. The van der Waals surface area contributed by atoms with Crippen molar-refractivity contribution in [2.75, 3.05) is 52.4 Å². The van der Waals surface area contributed by atoms with E-state index in [1.54, 1.807) is 21.3 Å². The molecular weight excluding hydrogens is 382 g/mol. The zero-order valence-electron chi connectivity index (χ0n) is 18.2. The number of para-hydroxylation sites is 2. The Morgan fingerprint density at radius 1 is 1.00 bits per heavy atom. The Hall–Kier alpha value is -2.93. The van der Waals surface area contributed by atoms with Crippen molar-refractivity contribution in [3.63, 3.8) is 0 Å². The lowest BCUT2D eigenvalue weighted by molar-refractivity contribution is -0.914. The van der Waals surface area contributed by atoms with Crippen LogP contribution in [0.3, 0.4) is 0 Å². The van der Waals surface area contributed by atoms with Crippen molar-refractivity contribution in [3.8, 4) is 17.2 Å². The van der Waals surface area contributed by atoms with Crippen molar-refractivity contribution >= 4 is 11.6 Å². The van der Waals surface area contributed by atoms with E-state index < -0.39 is 0 Å². The van der Waals surface area contributed by atoms with E-state index in [2.05, 4.69) is 16.3 Å². The van der Waals surface area contributed by atoms with E-state index >= 15 is 0 Å². The van der Waals surface area contributed by atoms with Gasteiger partial charge in [-0.05, 0) is 36.8 Å². The number of benzene rings is 2. The van der Waals surface area contributed by atoms with Crippen LogP contribution in [0, 0.1) is 0 Å². The lowest BCUT2D eigenvalue weighted by Gasteiger charge is -2.36. The number of piperazine rings is 1. The molecule has 1 aliphatic rings. The van der Waals surface area contributed by atoms with Gasteiger partial charge in [-0.2, -0.15) is 0 Å². The molecule has 0 aliphatic carbocycles. The highest BCUT2D eigenvalue weighted by atomic mass is 16.5. The molecule has 0 bridgehead atoms. The van der Waals surface area contributed by atoms with E-state index in [4.69, 9.17) is 14.2 Å². The average molecular weight is 415 g/mol. The first kappa shape index (κ1) is 21.8. The Labute approximate surface area is 178 Å². The Morgan fingerprint density at radius 2 is 1.67 bits per heavy atom. The summed E-state index contributed by atoms with van der Waals surface area (Å²) in [5.74, 6) is 2.29. The zero-order valence-corrected chi connectivity index (χ0v) is 18.2. The van der Waals surface area contributed by atoms with Crippen LogP contribution in [-0.2, 0) is 11.3 Å². The van der Waals surface area contributed by atoms with Crippen molar-refractivity contribution in [3.05, 3.63) is 48.0 Å². The van der Waals surface area contributed by atoms with E-state index in [1.807, 2.05) is 43.3 Å². The fourth-order valence-corrected chi connectivity index (χ4v) is 3.88. The summed E-state index contributed by atoms with van der Waals surface area (Å²) in [7, 11) is 4.92. The van der Waals surface area contributed by atoms with Gasteiger partial charge in [0.2, 0.25) is 0 Å². The summed E-state index contributed by atoms with van der Waals surface area (Å²) >= 11 is 0. The molecule has 1 atom stereocenters. The minimum absolute atomic E-state index is 0.0607. The predicted molar refractivity (Wildman–Crippen MR) is 117 cm³/mol. The molecule has 2 aromatic rings. The van der Waals surface area contributed by atoms with Gasteiger partial charge in [-0.25, -0.2) is 0 Å². The maximum absolute atomic E-state index is 12.7. The molecule has 1 heterocycles. The number of methoxy groups -OCH3 is 3. The summed E-state index contributed by atoms with van der Waals surface area (Å²) < 4.78 is 16.1. The van der Waals surface area contributed by atoms with Gasteiger partial charge in [0, 0.05) is 6.54 Å². The minimum Gasteiger partial charge on any atom is -0.495 e. The third kappa shape index (κ3) is 4.97. The van der Waals surface area contributed by atoms with Gasteiger partial charge >= 0.3 is 0 Å². The van der Waals surface area contributed by atoms with E-state index in [0.29, 0.717) is 18.0 Å². The van der Waals surface area contributed by atoms with E-state index in [1.165, 1.54) is 4.90 Å². The summed E-state index contributed by atoms with van der Waals surface area (Å²) in [6.07, 6.45) is 0. The van der Waals surface area contributed by atoms with Gasteiger partial charge in [-0.15, -0.1) is 0 Å². The summed E-state index contributed by atoms with van der Waals surface area (Å²) in [5.41, 5.74) is 2.09. The second-order valence-corrected chi connectivity index (χ2v) is 7.45. The van der Waals surface area contributed by atoms with Gasteiger partial charge in [0.1, 0.15) is 5.75 Å². The van der Waals surface area contributed by atoms with E-state index in [-0.39, 0.29) is 11.9 Å². The fourth-order valence-electron chi connectivity index (χ4n) is 3.88. The number of amides is 1. The molecule has 0 unspecified atom stereocenters. The van der Waals surface area contributed by atoms with Gasteiger partial charge in [0.05, 0.1) is 53.2 Å². The second-order valence-electron chi connectivity index (χ2n) is 7.45. The molecule has 0 spiro atoms. The lowest BCUT2D eigenvalue weighted by atomic mass is 10.1. The quantitative estimate of drug-likeness (QED) is 0.678. The SMILES string of the molecule is COc1ccc(CNC(=O)[C@@H](C)[NH+]2CCN(c3ccccc3OC)CC2)cc1OC. The molecule has 3 rings (SSSR count). The monoisotopic (exact) mass is 414 g/mol. The highest BCUT2D eigenvalue weighted by Crippen LogP contribution is 2.28. The van der Waals surface area contributed by atoms with Crippen molar-refractivity contribution in [2.45, 2.75) is 19.5 Å². The number of hydrogen-bond donors (Lipinski definition) is 2. The van der Waals surface area contributed by atoms with Crippen LogP contribution in [-0.4, -0.2) is 59.5 Å². The van der Waals surface area contributed by atoms with Crippen LogP contribution in [0.5, 0.6) is 17.2 Å². The molecule has 2 aromatic carbocycles. The maximum atomic E-state index is 12.7. The smallest absolute Gasteiger partial charge is 0.278 e. The number of rotatable bonds is 8. The van der Waals surface area contributed by atoms with Crippen LogP contribution >= 0.6 is 0 Å². The predicted octanol–water partition coefficient (Wildman–Crippen LogP) is 1.12. The number of nitrogens with zero attached hydrogens (tertiary/aromatic N) is 1. The van der Waals surface area contributed by atoms with Crippen molar-refractivity contribution in [1.29, 1.82) is 0 Å². The molecule has 2 N–H and O–H groups in total. The first-order valence-corrected chi connectivity index (χ1v) is 10.3. The Bertz CT molecular complexity index is 850. The Balaban J connectivity index is 1.52. The van der Waals surface area contributed by atoms with Gasteiger partial charge in [0.25, 0.3) is 5.91 Å². The standard InChI is InChI=1S/C23H31N3O4/c1-17(23(27)24-16-18-9-10-21(29-3)22(15-18)30-4)25-11-13-26(14-12-25)19-7-5-6-8-20(19)28-2/h5-10,15,17H,11-14,16H2,1-4H3,(H,24,27)/p+1/t17-/m1/s1. The summed E-state index contributed by atoms with van der Waals surface area (Å²) in [4.78, 5) is 16.4. The van der Waals surface area contributed by atoms with Crippen LogP contribution in [0.2, 0.25) is 0 Å². The number of nitrogens with one attached hydrogen (secondary N) is 2. The van der Waals surface area contributed by atoms with Crippen LogP contribution in [0.4, 0.5) is 5.69 Å². The first-order valence-electron chi connectivity index (χ1n) is 10.3. The van der Waals surface area contributed by atoms with Crippen LogP contribution < -0.4 is 29.3 Å². The molecule has 1 saturated heterocycles. The molecule has 0 aromatic heterocycles. The Kier molecular flexibility index (Phi) is 7.41. The molecule has 30 heavy (non-hydrogen) atoms. The van der Waals surface area contributed by atoms with Crippen molar-refractivity contribution < 1.29 is 23.9 Å². The van der Waals surface area contributed by atoms with Crippen LogP contribution in [0.15, 0.2) is 42.5 Å². The second kappa shape index (κ2) is 10.2. The maximum Gasteiger partial charge on any atom is 0.278 e. The number of carbonyl (C=O) groups excluding carboxylic acids is 1. The van der Waals surface area contributed by atoms with E-state index in [0.717, 1.165) is 43.2 Å². The lowest BCUT2D eigenvalue weighted by Crippen LogP contribution is -3.19. The highest BCUT2D eigenvalue weighted by molar-refractivity contribution is 5.80. The average Bonchev–Trinajstić information content (AvgIpc) is 2.81. The van der Waals surface area contributed by atoms with Crippen molar-refractivity contribution in [1.82, 2.24) is 5.32 Å². The molecule has 0 saturated carbocycles. The molecule has 0 radical (unpaired) electrons. The summed E-state index contributed by atoms with van der Waals surface area (Å²) in [6.45, 7) is 6.06. The van der Waals surface area contributed by atoms with E-state index in [9.17, 15) is 4.79 Å². The fraction of sp³-hybridized carbons (Fsp3) is 0.435. The molecule has 162 valence electrons. The third-order valence-corrected chi connectivity index (χ3v) is 5.75. The molecule has 1 amide bonds. The summed E-state index contributed by atoms with van der Waals surface area (Å²) in [5, 5.41) is 3.06. The topological polar surface area (TPSA) is 64.5 Å². The van der Waals surface area contributed by atoms with Gasteiger partial charge in [-0.1, -0.05) is 18.2 Å². The normalized spacial score (nSPS) is 15.4. The van der Waals surface area contributed by atoms with Crippen LogP contribution in [0.1, 0.15) is 12.5 Å². The molecule has 1 fully saturated rings. The number of quaternary nitrogens is 1. The highest BCUT2D eigenvalue weighted by Gasteiger charge is 2.29. The van der Waals surface area contributed by atoms with Gasteiger partial charge < -0.3 is 29.3 Å². The summed E-state index contributed by atoms with van der Waals surface area (Å²) in [6, 6.07) is 13.7. The molecule has 7 nitrogen and oxygen atoms in total. The van der Waals surface area contributed by atoms with Gasteiger partial charge in [-0.3, -0.25) is 4.79 Å². The Morgan fingerprint density at radius 3 is 2.33 bits per heavy atom. The largest absolute Gasteiger partial charge is 0.495 e. The third-order valence-electron chi connectivity index (χ3n) is 5.75. The number of carbonyl (C=O) groups is 1. The molecule has 7 heteroatoms. The zero-order chi connectivity index (χ0) is 21.5. The number of hydrogen-bond acceptors (Lipinski definition) is 5.